The normalized spacial score (nSPS) is 20.7. The van der Waals surface area contributed by atoms with E-state index in [0.29, 0.717) is 25.9 Å². The zero-order valence-corrected chi connectivity index (χ0v) is 25.7. The van der Waals surface area contributed by atoms with E-state index in [2.05, 4.69) is 30.3 Å². The number of nitriles is 1. The third-order valence-electron chi connectivity index (χ3n) is 9.05. The van der Waals surface area contributed by atoms with Crippen LogP contribution in [0.3, 0.4) is 0 Å². The first-order chi connectivity index (χ1) is 21.0. The summed E-state index contributed by atoms with van der Waals surface area (Å²) < 4.78 is 17.4. The van der Waals surface area contributed by atoms with Crippen LogP contribution in [0.1, 0.15) is 63.5 Å². The Balaban J connectivity index is 1.32. The number of ether oxygens (including phenoxy) is 3. The van der Waals surface area contributed by atoms with Gasteiger partial charge in [-0.3, -0.25) is 4.79 Å². The molecule has 2 heterocycles. The number of hydrogen-bond acceptors (Lipinski definition) is 7. The number of benzene rings is 2. The molecule has 2 amide bonds. The maximum atomic E-state index is 13.8. The van der Waals surface area contributed by atoms with Gasteiger partial charge in [0.1, 0.15) is 12.2 Å². The number of amides is 2. The lowest BCUT2D eigenvalue weighted by atomic mass is 9.67. The second-order valence-electron chi connectivity index (χ2n) is 12.9. The van der Waals surface area contributed by atoms with E-state index in [9.17, 15) is 24.8 Å². The second kappa shape index (κ2) is 12.9. The predicted molar refractivity (Wildman–Crippen MR) is 162 cm³/mol. The number of aliphatic carboxylic acids is 1. The number of rotatable bonds is 8. The number of nitrogens with zero attached hydrogens (tertiary/aromatic N) is 3. The number of fused-ring (bicyclic) bond motifs is 3. The Labute approximate surface area is 258 Å². The van der Waals surface area contributed by atoms with Crippen molar-refractivity contribution in [2.45, 2.75) is 64.0 Å². The molecule has 5 rings (SSSR count). The van der Waals surface area contributed by atoms with Crippen LogP contribution in [0.15, 0.2) is 48.5 Å². The van der Waals surface area contributed by atoms with Crippen LogP contribution >= 0.6 is 0 Å². The topological polar surface area (TPSA) is 129 Å². The minimum atomic E-state index is -0.945. The lowest BCUT2D eigenvalue weighted by molar-refractivity contribution is -0.137. The van der Waals surface area contributed by atoms with Gasteiger partial charge in [0.25, 0.3) is 0 Å². The summed E-state index contributed by atoms with van der Waals surface area (Å²) in [5.74, 6) is -1.39. The van der Waals surface area contributed by atoms with Crippen molar-refractivity contribution in [1.82, 2.24) is 9.80 Å². The lowest BCUT2D eigenvalue weighted by Crippen LogP contribution is -2.53. The van der Waals surface area contributed by atoms with Gasteiger partial charge < -0.3 is 29.1 Å². The van der Waals surface area contributed by atoms with Gasteiger partial charge in [-0.15, -0.1) is 0 Å². The number of carboxylic acid groups (broad SMARTS) is 1. The fourth-order valence-corrected chi connectivity index (χ4v) is 6.83. The van der Waals surface area contributed by atoms with Gasteiger partial charge in [0.05, 0.1) is 30.7 Å². The average Bonchev–Trinajstić information content (AvgIpc) is 3.61. The highest BCUT2D eigenvalue weighted by Crippen LogP contribution is 2.46. The molecule has 3 aliphatic rings. The third-order valence-corrected chi connectivity index (χ3v) is 9.05. The van der Waals surface area contributed by atoms with E-state index in [1.807, 2.05) is 45.0 Å². The van der Waals surface area contributed by atoms with Crippen molar-refractivity contribution in [3.05, 3.63) is 59.7 Å². The molecule has 0 bridgehead atoms. The Morgan fingerprint density at radius 3 is 2.23 bits per heavy atom. The van der Waals surface area contributed by atoms with Gasteiger partial charge in [-0.1, -0.05) is 48.5 Å². The van der Waals surface area contributed by atoms with E-state index in [1.165, 1.54) is 0 Å². The van der Waals surface area contributed by atoms with Crippen LogP contribution in [0, 0.1) is 22.7 Å². The van der Waals surface area contributed by atoms with Crippen molar-refractivity contribution < 1.29 is 33.7 Å². The number of piperidine rings is 1. The van der Waals surface area contributed by atoms with E-state index < -0.39 is 35.2 Å². The van der Waals surface area contributed by atoms with Crippen LogP contribution in [0.4, 0.5) is 9.59 Å². The highest BCUT2D eigenvalue weighted by molar-refractivity contribution is 5.79. The SMILES string of the molecule is CC(C)(C)OC(=O)N1CCC(C#N)(C2COCC2N(CCCC(=O)O)C(=O)OCC2c3ccccc3-c3ccccc32)CC1. The van der Waals surface area contributed by atoms with Crippen molar-refractivity contribution in [3.8, 4) is 17.2 Å². The molecule has 234 valence electrons. The molecule has 2 aromatic carbocycles. The number of likely N-dealkylation sites (tertiary alicyclic amines) is 1. The molecule has 2 aromatic rings. The van der Waals surface area contributed by atoms with Gasteiger partial charge in [0.2, 0.25) is 0 Å². The second-order valence-corrected chi connectivity index (χ2v) is 12.9. The molecule has 2 unspecified atom stereocenters. The molecule has 2 fully saturated rings. The Morgan fingerprint density at radius 1 is 1.05 bits per heavy atom. The summed E-state index contributed by atoms with van der Waals surface area (Å²) in [4.78, 5) is 41.1. The summed E-state index contributed by atoms with van der Waals surface area (Å²) in [6.07, 6.45) is 0.0326. The van der Waals surface area contributed by atoms with Crippen LogP contribution in [0.25, 0.3) is 11.1 Å². The van der Waals surface area contributed by atoms with E-state index in [1.54, 1.807) is 9.80 Å². The minimum Gasteiger partial charge on any atom is -0.481 e. The van der Waals surface area contributed by atoms with Gasteiger partial charge in [-0.25, -0.2) is 9.59 Å². The molecule has 10 heteroatoms. The molecule has 0 spiro atoms. The molecule has 2 atom stereocenters. The Kier molecular flexibility index (Phi) is 9.16. The molecule has 0 saturated carbocycles. The molecule has 1 N–H and O–H groups in total. The summed E-state index contributed by atoms with van der Waals surface area (Å²) in [5, 5.41) is 19.8. The van der Waals surface area contributed by atoms with E-state index >= 15 is 0 Å². The molecular formula is C34H41N3O7. The van der Waals surface area contributed by atoms with Gasteiger partial charge in [0.15, 0.2) is 0 Å². The van der Waals surface area contributed by atoms with Crippen LogP contribution in [-0.2, 0) is 19.0 Å². The molecule has 0 aromatic heterocycles. The van der Waals surface area contributed by atoms with E-state index in [-0.39, 0.29) is 51.0 Å². The Morgan fingerprint density at radius 2 is 1.66 bits per heavy atom. The number of carboxylic acids is 1. The van der Waals surface area contributed by atoms with E-state index in [4.69, 9.17) is 14.2 Å². The largest absolute Gasteiger partial charge is 0.481 e. The van der Waals surface area contributed by atoms with Crippen molar-refractivity contribution in [2.24, 2.45) is 11.3 Å². The summed E-state index contributed by atoms with van der Waals surface area (Å²) >= 11 is 0. The number of hydrogen-bond donors (Lipinski definition) is 1. The summed E-state index contributed by atoms with van der Waals surface area (Å²) in [6.45, 7) is 6.97. The first-order valence-corrected chi connectivity index (χ1v) is 15.3. The van der Waals surface area contributed by atoms with Gasteiger partial charge >= 0.3 is 18.2 Å². The van der Waals surface area contributed by atoms with Crippen LogP contribution < -0.4 is 0 Å². The molecule has 1 aliphatic carbocycles. The van der Waals surface area contributed by atoms with Crippen LogP contribution in [-0.4, -0.2) is 84.2 Å². The molecule has 10 nitrogen and oxygen atoms in total. The first kappa shape index (κ1) is 31.3. The highest BCUT2D eigenvalue weighted by atomic mass is 16.6. The fraction of sp³-hybridized carbons (Fsp3) is 0.529. The minimum absolute atomic E-state index is 0.0976. The van der Waals surface area contributed by atoms with Crippen LogP contribution in [0.5, 0.6) is 0 Å². The van der Waals surface area contributed by atoms with Gasteiger partial charge in [-0.05, 0) is 62.3 Å². The van der Waals surface area contributed by atoms with Crippen molar-refractivity contribution in [1.29, 1.82) is 5.26 Å². The first-order valence-electron chi connectivity index (χ1n) is 15.3. The monoisotopic (exact) mass is 603 g/mol. The average molecular weight is 604 g/mol. The zero-order chi connectivity index (χ0) is 31.5. The maximum Gasteiger partial charge on any atom is 0.410 e. The summed E-state index contributed by atoms with van der Waals surface area (Å²) in [5.41, 5.74) is 3.00. The molecule has 0 radical (unpaired) electrons. The smallest absolute Gasteiger partial charge is 0.410 e. The molecule has 2 saturated heterocycles. The highest BCUT2D eigenvalue weighted by Gasteiger charge is 2.51. The standard InChI is InChI=1S/C34H41N3O7/c1-33(2,3)44-31(40)36-17-14-34(22-35,15-18-36)28-20-42-21-29(28)37(16-8-13-30(38)39)32(41)43-19-27-25-11-6-4-9-23(25)24-10-5-7-12-26(24)27/h4-7,9-12,27-29H,8,13-21H2,1-3H3,(H,38,39). The van der Waals surface area contributed by atoms with Crippen molar-refractivity contribution >= 4 is 18.2 Å². The third kappa shape index (κ3) is 6.53. The zero-order valence-electron chi connectivity index (χ0n) is 25.7. The van der Waals surface area contributed by atoms with Crippen LogP contribution in [0.2, 0.25) is 0 Å². The summed E-state index contributed by atoms with van der Waals surface area (Å²) in [7, 11) is 0. The predicted octanol–water partition coefficient (Wildman–Crippen LogP) is 5.66. The number of carbonyl (C=O) groups excluding carboxylic acids is 2. The van der Waals surface area contributed by atoms with E-state index in [0.717, 1.165) is 22.3 Å². The van der Waals surface area contributed by atoms with Crippen molar-refractivity contribution in [2.75, 3.05) is 39.5 Å². The Hall–Kier alpha value is -4.10. The summed E-state index contributed by atoms with van der Waals surface area (Å²) in [6, 6.07) is 18.3. The molecular weight excluding hydrogens is 562 g/mol. The molecule has 44 heavy (non-hydrogen) atoms. The van der Waals surface area contributed by atoms with Gasteiger partial charge in [0, 0.05) is 37.9 Å². The molecule has 2 aliphatic heterocycles. The fourth-order valence-electron chi connectivity index (χ4n) is 6.83. The van der Waals surface area contributed by atoms with Gasteiger partial charge in [-0.2, -0.15) is 5.26 Å². The number of carbonyl (C=O) groups is 3. The quantitative estimate of drug-likeness (QED) is 0.409. The lowest BCUT2D eigenvalue weighted by Gasteiger charge is -2.44. The Bertz CT molecular complexity index is 1370. The van der Waals surface area contributed by atoms with Crippen molar-refractivity contribution in [3.63, 3.8) is 0 Å². The maximum absolute atomic E-state index is 13.8.